The molecule has 0 spiro atoms. The van der Waals surface area contributed by atoms with Gasteiger partial charge in [-0.3, -0.25) is 9.59 Å². The maximum absolute atomic E-state index is 13.3. The van der Waals surface area contributed by atoms with Gasteiger partial charge < -0.3 is 10.2 Å². The molecule has 1 N–H and O–H groups in total. The van der Waals surface area contributed by atoms with Gasteiger partial charge in [0.2, 0.25) is 11.8 Å². The third-order valence-electron chi connectivity index (χ3n) is 5.26. The van der Waals surface area contributed by atoms with Gasteiger partial charge in [-0.15, -0.1) is 11.8 Å². The quantitative estimate of drug-likeness (QED) is 0.321. The molecule has 0 heterocycles. The molecule has 0 fully saturated rings. The molecule has 0 saturated heterocycles. The van der Waals surface area contributed by atoms with Crippen LogP contribution in [0.2, 0.25) is 20.1 Å². The summed E-state index contributed by atoms with van der Waals surface area (Å²) < 4.78 is 0. The Morgan fingerprint density at radius 2 is 1.64 bits per heavy atom. The van der Waals surface area contributed by atoms with E-state index < -0.39 is 6.04 Å². The van der Waals surface area contributed by atoms with Crippen molar-refractivity contribution < 1.29 is 9.59 Å². The molecule has 180 valence electrons. The Morgan fingerprint density at radius 3 is 2.21 bits per heavy atom. The van der Waals surface area contributed by atoms with Gasteiger partial charge in [0.1, 0.15) is 6.04 Å². The second kappa shape index (κ2) is 13.7. The molecule has 0 aromatic heterocycles. The van der Waals surface area contributed by atoms with Crippen molar-refractivity contribution in [3.05, 3.63) is 67.6 Å². The van der Waals surface area contributed by atoms with E-state index in [1.165, 1.54) is 11.8 Å². The van der Waals surface area contributed by atoms with Crippen LogP contribution in [0.15, 0.2) is 36.4 Å². The third kappa shape index (κ3) is 8.25. The van der Waals surface area contributed by atoms with E-state index in [1.807, 2.05) is 26.8 Å². The molecule has 2 atom stereocenters. The first-order valence-electron chi connectivity index (χ1n) is 10.7. The summed E-state index contributed by atoms with van der Waals surface area (Å²) in [6, 6.07) is 9.96. The smallest absolute Gasteiger partial charge is 0.243 e. The molecule has 0 unspecified atom stereocenters. The highest BCUT2D eigenvalue weighted by molar-refractivity contribution is 7.99. The van der Waals surface area contributed by atoms with Gasteiger partial charge in [-0.25, -0.2) is 0 Å². The molecule has 33 heavy (non-hydrogen) atoms. The second-order valence-corrected chi connectivity index (χ2v) is 10.3. The number of nitrogens with zero attached hydrogens (tertiary/aromatic N) is 1. The number of amides is 2. The van der Waals surface area contributed by atoms with Crippen LogP contribution in [0, 0.1) is 0 Å². The van der Waals surface area contributed by atoms with Crippen LogP contribution >= 0.6 is 58.2 Å². The van der Waals surface area contributed by atoms with Crippen LogP contribution in [0.1, 0.15) is 44.7 Å². The summed E-state index contributed by atoms with van der Waals surface area (Å²) in [7, 11) is 0. The average Bonchev–Trinajstić information content (AvgIpc) is 2.77. The summed E-state index contributed by atoms with van der Waals surface area (Å²) in [4.78, 5) is 27.9. The van der Waals surface area contributed by atoms with Crippen molar-refractivity contribution in [1.82, 2.24) is 10.2 Å². The van der Waals surface area contributed by atoms with Gasteiger partial charge in [0.05, 0.1) is 15.8 Å². The van der Waals surface area contributed by atoms with Crippen molar-refractivity contribution in [2.24, 2.45) is 0 Å². The number of carbonyl (C=O) groups is 2. The molecule has 9 heteroatoms. The largest absolute Gasteiger partial charge is 0.352 e. The summed E-state index contributed by atoms with van der Waals surface area (Å²) in [5.41, 5.74) is 1.59. The lowest BCUT2D eigenvalue weighted by Crippen LogP contribution is -2.51. The zero-order valence-corrected chi connectivity index (χ0v) is 22.7. The molecular weight excluding hydrogens is 522 g/mol. The SMILES string of the molecule is CC[C@H](C(=O)N[C@@H](C)CC)N(Cc1ccc(Cl)c(Cl)c1)C(=O)CSCc1c(Cl)cccc1Cl. The van der Waals surface area contributed by atoms with Crippen LogP contribution in [-0.2, 0) is 21.9 Å². The summed E-state index contributed by atoms with van der Waals surface area (Å²) in [5.74, 6) is 0.344. The first-order chi connectivity index (χ1) is 15.7. The van der Waals surface area contributed by atoms with Crippen molar-refractivity contribution in [3.63, 3.8) is 0 Å². The van der Waals surface area contributed by atoms with Crippen molar-refractivity contribution >= 4 is 70.0 Å². The van der Waals surface area contributed by atoms with Gasteiger partial charge in [-0.05, 0) is 55.2 Å². The minimum atomic E-state index is -0.606. The molecule has 0 saturated carbocycles. The van der Waals surface area contributed by atoms with Crippen LogP contribution in [0.4, 0.5) is 0 Å². The maximum atomic E-state index is 13.3. The van der Waals surface area contributed by atoms with Crippen molar-refractivity contribution in [3.8, 4) is 0 Å². The van der Waals surface area contributed by atoms with Crippen LogP contribution < -0.4 is 5.32 Å². The minimum absolute atomic E-state index is 0.0187. The van der Waals surface area contributed by atoms with Gasteiger partial charge in [0, 0.05) is 28.4 Å². The van der Waals surface area contributed by atoms with Gasteiger partial charge in [-0.1, -0.05) is 72.4 Å². The Morgan fingerprint density at radius 1 is 0.970 bits per heavy atom. The van der Waals surface area contributed by atoms with Gasteiger partial charge >= 0.3 is 0 Å². The Hall–Kier alpha value is -1.11. The number of nitrogens with one attached hydrogen (secondary N) is 1. The van der Waals surface area contributed by atoms with E-state index in [4.69, 9.17) is 46.4 Å². The van der Waals surface area contributed by atoms with E-state index >= 15 is 0 Å². The number of rotatable bonds is 11. The molecule has 0 aliphatic rings. The Balaban J connectivity index is 2.21. The molecular formula is C24H28Cl4N2O2S. The lowest BCUT2D eigenvalue weighted by Gasteiger charge is -2.31. The molecule has 4 nitrogen and oxygen atoms in total. The van der Waals surface area contributed by atoms with Gasteiger partial charge in [0.25, 0.3) is 0 Å². The molecule has 2 amide bonds. The Kier molecular flexibility index (Phi) is 11.7. The monoisotopic (exact) mass is 548 g/mol. The van der Waals surface area contributed by atoms with E-state index in [1.54, 1.807) is 35.2 Å². The topological polar surface area (TPSA) is 49.4 Å². The number of thioether (sulfide) groups is 1. The summed E-state index contributed by atoms with van der Waals surface area (Å²) >= 11 is 26.1. The van der Waals surface area contributed by atoms with Crippen LogP contribution in [0.5, 0.6) is 0 Å². The zero-order valence-electron chi connectivity index (χ0n) is 18.8. The van der Waals surface area contributed by atoms with Gasteiger partial charge in [0.15, 0.2) is 0 Å². The van der Waals surface area contributed by atoms with Crippen molar-refractivity contribution in [1.29, 1.82) is 0 Å². The number of hydrogen-bond acceptors (Lipinski definition) is 3. The third-order valence-corrected chi connectivity index (χ3v) is 7.65. The van der Waals surface area contributed by atoms with Crippen LogP contribution in [0.3, 0.4) is 0 Å². The van der Waals surface area contributed by atoms with E-state index in [9.17, 15) is 9.59 Å². The van der Waals surface area contributed by atoms with E-state index in [-0.39, 0.29) is 30.2 Å². The van der Waals surface area contributed by atoms with E-state index in [0.29, 0.717) is 32.3 Å². The summed E-state index contributed by atoms with van der Waals surface area (Å²) in [5, 5.41) is 4.97. The Labute approximate surface area is 220 Å². The second-order valence-electron chi connectivity index (χ2n) is 7.71. The fraction of sp³-hybridized carbons (Fsp3) is 0.417. The summed E-state index contributed by atoms with van der Waals surface area (Å²) in [6.07, 6.45) is 1.29. The number of hydrogen-bond donors (Lipinski definition) is 1. The van der Waals surface area contributed by atoms with Crippen molar-refractivity contribution in [2.75, 3.05) is 5.75 Å². The summed E-state index contributed by atoms with van der Waals surface area (Å²) in [6.45, 7) is 6.09. The predicted octanol–water partition coefficient (Wildman–Crippen LogP) is 7.26. The zero-order chi connectivity index (χ0) is 24.5. The fourth-order valence-electron chi connectivity index (χ4n) is 3.19. The predicted molar refractivity (Wildman–Crippen MR) is 142 cm³/mol. The molecule has 0 aliphatic heterocycles. The molecule has 0 aliphatic carbocycles. The fourth-order valence-corrected chi connectivity index (χ4v) is 5.16. The van der Waals surface area contributed by atoms with Gasteiger partial charge in [-0.2, -0.15) is 0 Å². The molecule has 2 aromatic rings. The first-order valence-corrected chi connectivity index (χ1v) is 13.4. The van der Waals surface area contributed by atoms with E-state index in [0.717, 1.165) is 17.5 Å². The molecule has 2 aromatic carbocycles. The van der Waals surface area contributed by atoms with Crippen LogP contribution in [-0.4, -0.2) is 34.6 Å². The number of benzene rings is 2. The molecule has 0 bridgehead atoms. The first kappa shape index (κ1) is 28.1. The Bertz CT molecular complexity index is 953. The van der Waals surface area contributed by atoms with Crippen LogP contribution in [0.25, 0.3) is 0 Å². The molecule has 2 rings (SSSR count). The number of carbonyl (C=O) groups excluding carboxylic acids is 2. The highest BCUT2D eigenvalue weighted by Gasteiger charge is 2.29. The number of halogens is 4. The van der Waals surface area contributed by atoms with E-state index in [2.05, 4.69) is 5.32 Å². The normalized spacial score (nSPS) is 12.8. The lowest BCUT2D eigenvalue weighted by molar-refractivity contribution is -0.139. The molecule has 0 radical (unpaired) electrons. The minimum Gasteiger partial charge on any atom is -0.352 e. The highest BCUT2D eigenvalue weighted by Crippen LogP contribution is 2.29. The highest BCUT2D eigenvalue weighted by atomic mass is 35.5. The standard InChI is InChI=1S/C24H28Cl4N2O2S/c1-4-15(3)29-24(32)22(5-2)30(12-16-9-10-20(27)21(28)11-16)23(31)14-33-13-17-18(25)7-6-8-19(17)26/h6-11,15,22H,4-5,12-14H2,1-3H3,(H,29,32)/t15-,22+/m0/s1. The maximum Gasteiger partial charge on any atom is 0.243 e. The lowest BCUT2D eigenvalue weighted by atomic mass is 10.1. The van der Waals surface area contributed by atoms with Crippen molar-refractivity contribution in [2.45, 2.75) is 58.0 Å². The average molecular weight is 550 g/mol.